The van der Waals surface area contributed by atoms with Crippen molar-refractivity contribution < 1.29 is 9.15 Å². The van der Waals surface area contributed by atoms with Gasteiger partial charge < -0.3 is 9.15 Å². The van der Waals surface area contributed by atoms with Crippen LogP contribution in [0.2, 0.25) is 0 Å². The average molecular weight is 686 g/mol. The Morgan fingerprint density at radius 2 is 1.17 bits per heavy atom. The summed E-state index contributed by atoms with van der Waals surface area (Å²) in [7, 11) is -2.97. The van der Waals surface area contributed by atoms with Crippen molar-refractivity contribution in [2.75, 3.05) is 4.90 Å². The lowest BCUT2D eigenvalue weighted by Crippen LogP contribution is -2.77. The van der Waals surface area contributed by atoms with E-state index in [1.807, 2.05) is 73.1 Å². The van der Waals surface area contributed by atoms with Crippen LogP contribution in [0.15, 0.2) is 193 Å². The van der Waals surface area contributed by atoms with Crippen LogP contribution < -0.4 is 30.4 Å². The molecular formula is C46H31N3O2Si. The van der Waals surface area contributed by atoms with Gasteiger partial charge in [-0.15, -0.1) is 0 Å². The molecule has 6 heteroatoms. The van der Waals surface area contributed by atoms with Gasteiger partial charge in [-0.05, 0) is 75.3 Å². The van der Waals surface area contributed by atoms with E-state index in [2.05, 4.69) is 125 Å². The van der Waals surface area contributed by atoms with Crippen LogP contribution >= 0.6 is 0 Å². The van der Waals surface area contributed by atoms with Gasteiger partial charge >= 0.3 is 0 Å². The van der Waals surface area contributed by atoms with Gasteiger partial charge in [0.15, 0.2) is 8.07 Å². The summed E-state index contributed by atoms with van der Waals surface area (Å²) >= 11 is 0. The second-order valence-corrected chi connectivity index (χ2v) is 16.7. The van der Waals surface area contributed by atoms with E-state index >= 15 is 0 Å². The Labute approximate surface area is 302 Å². The molecule has 1 aliphatic rings. The van der Waals surface area contributed by atoms with Gasteiger partial charge in [-0.3, -0.25) is 9.88 Å². The van der Waals surface area contributed by atoms with Gasteiger partial charge in [0.1, 0.15) is 28.5 Å². The Bertz CT molecular complexity index is 2680. The number of fused-ring (bicyclic) bond motifs is 5. The van der Waals surface area contributed by atoms with E-state index < -0.39 is 8.07 Å². The van der Waals surface area contributed by atoms with Gasteiger partial charge in [-0.1, -0.05) is 109 Å². The first-order valence-corrected chi connectivity index (χ1v) is 19.4. The van der Waals surface area contributed by atoms with Gasteiger partial charge in [-0.25, -0.2) is 4.98 Å². The molecular weight excluding hydrogens is 655 g/mol. The summed E-state index contributed by atoms with van der Waals surface area (Å²) in [6, 6.07) is 61.7. The minimum Gasteiger partial charge on any atom is -0.457 e. The van der Waals surface area contributed by atoms with Crippen molar-refractivity contribution in [1.82, 2.24) is 9.97 Å². The second-order valence-electron chi connectivity index (χ2n) is 13.0. The zero-order chi connectivity index (χ0) is 34.5. The average Bonchev–Trinajstić information content (AvgIpc) is 3.58. The van der Waals surface area contributed by atoms with Crippen molar-refractivity contribution in [2.24, 2.45) is 0 Å². The second kappa shape index (κ2) is 12.2. The van der Waals surface area contributed by atoms with Crippen LogP contribution in [0.3, 0.4) is 0 Å². The predicted octanol–water partition coefficient (Wildman–Crippen LogP) is 9.00. The fraction of sp³-hybridized carbons (Fsp3) is 0. The molecule has 0 bridgehead atoms. The highest BCUT2D eigenvalue weighted by atomic mass is 28.3. The van der Waals surface area contributed by atoms with E-state index in [0.717, 1.165) is 61.9 Å². The molecule has 52 heavy (non-hydrogen) atoms. The number of para-hydroxylation sites is 1. The third kappa shape index (κ3) is 4.76. The molecule has 3 aromatic heterocycles. The fourth-order valence-electron chi connectivity index (χ4n) is 7.88. The smallest absolute Gasteiger partial charge is 0.184 e. The van der Waals surface area contributed by atoms with Gasteiger partial charge in [0.2, 0.25) is 0 Å². The Balaban J connectivity index is 1.27. The molecule has 4 heterocycles. The van der Waals surface area contributed by atoms with E-state index in [-0.39, 0.29) is 0 Å². The summed E-state index contributed by atoms with van der Waals surface area (Å²) in [4.78, 5) is 11.8. The monoisotopic (exact) mass is 685 g/mol. The molecule has 0 amide bonds. The van der Waals surface area contributed by atoms with Crippen LogP contribution in [0, 0.1) is 0 Å². The molecule has 246 valence electrons. The van der Waals surface area contributed by atoms with E-state index in [4.69, 9.17) is 14.1 Å². The molecule has 10 rings (SSSR count). The number of nitrogens with zero attached hydrogens (tertiary/aromatic N) is 3. The van der Waals surface area contributed by atoms with Crippen LogP contribution in [-0.4, -0.2) is 18.0 Å². The van der Waals surface area contributed by atoms with Crippen molar-refractivity contribution in [2.45, 2.75) is 0 Å². The topological polar surface area (TPSA) is 51.4 Å². The van der Waals surface area contributed by atoms with Crippen LogP contribution in [-0.2, 0) is 0 Å². The van der Waals surface area contributed by atoms with E-state index in [9.17, 15) is 0 Å². The molecule has 0 saturated carbocycles. The standard InChI is InChI=1S/C46H31N3O2Si/c1-3-16-35(17-4-1)52(36-18-5-2-6-19-36)44-25-24-34(50-33-15-13-14-32(28-33)39-21-9-11-26-47-39)29-40(44)49(46-23-10-12-27-48-46)41-31-43-38(30-45(41)52)37-20-7-8-22-42(37)51-43/h1-31H. The first-order valence-electron chi connectivity index (χ1n) is 17.4. The third-order valence-electron chi connectivity index (χ3n) is 10.1. The highest BCUT2D eigenvalue weighted by molar-refractivity contribution is 7.21. The molecule has 0 atom stereocenters. The predicted molar refractivity (Wildman–Crippen MR) is 213 cm³/mol. The number of hydrogen-bond acceptors (Lipinski definition) is 5. The molecule has 0 spiro atoms. The minimum atomic E-state index is -2.97. The van der Waals surface area contributed by atoms with E-state index in [1.165, 1.54) is 20.7 Å². The van der Waals surface area contributed by atoms with Gasteiger partial charge in [-0.2, -0.15) is 0 Å². The van der Waals surface area contributed by atoms with Crippen molar-refractivity contribution in [3.05, 3.63) is 188 Å². The maximum absolute atomic E-state index is 6.69. The Kier molecular flexibility index (Phi) is 7.08. The molecule has 0 aliphatic carbocycles. The number of aromatic nitrogens is 2. The van der Waals surface area contributed by atoms with Gasteiger partial charge in [0, 0.05) is 40.9 Å². The van der Waals surface area contributed by atoms with E-state index in [1.54, 1.807) is 0 Å². The lowest BCUT2D eigenvalue weighted by Gasteiger charge is -2.44. The first-order chi connectivity index (χ1) is 25.8. The summed E-state index contributed by atoms with van der Waals surface area (Å²) < 4.78 is 13.2. The molecule has 1 aliphatic heterocycles. The normalized spacial score (nSPS) is 13.1. The molecule has 0 radical (unpaired) electrons. The number of hydrogen-bond donors (Lipinski definition) is 0. The summed E-state index contributed by atoms with van der Waals surface area (Å²) in [6.45, 7) is 0. The lowest BCUT2D eigenvalue weighted by molar-refractivity contribution is 0.483. The molecule has 0 fully saturated rings. The van der Waals surface area contributed by atoms with Crippen molar-refractivity contribution >= 4 is 68.0 Å². The molecule has 5 nitrogen and oxygen atoms in total. The maximum Gasteiger partial charge on any atom is 0.184 e. The Morgan fingerprint density at radius 1 is 0.481 bits per heavy atom. The minimum absolute atomic E-state index is 0.732. The third-order valence-corrected chi connectivity index (χ3v) is 14.9. The number of anilines is 3. The highest BCUT2D eigenvalue weighted by Crippen LogP contribution is 2.42. The zero-order valence-corrected chi connectivity index (χ0v) is 29.1. The zero-order valence-electron chi connectivity index (χ0n) is 28.1. The van der Waals surface area contributed by atoms with Crippen molar-refractivity contribution in [1.29, 1.82) is 0 Å². The summed E-state index contributed by atoms with van der Waals surface area (Å²) in [6.07, 6.45) is 3.66. The Morgan fingerprint density at radius 3 is 1.92 bits per heavy atom. The lowest BCUT2D eigenvalue weighted by atomic mass is 10.1. The van der Waals surface area contributed by atoms with Crippen LogP contribution in [0.1, 0.15) is 0 Å². The first kappa shape index (κ1) is 30.1. The van der Waals surface area contributed by atoms with Gasteiger partial charge in [0.25, 0.3) is 0 Å². The molecule has 0 N–H and O–H groups in total. The van der Waals surface area contributed by atoms with Crippen LogP contribution in [0.25, 0.3) is 33.2 Å². The van der Waals surface area contributed by atoms with Crippen LogP contribution in [0.5, 0.6) is 11.5 Å². The largest absolute Gasteiger partial charge is 0.457 e. The number of rotatable bonds is 6. The van der Waals surface area contributed by atoms with E-state index in [0.29, 0.717) is 0 Å². The summed E-state index contributed by atoms with van der Waals surface area (Å²) in [5.41, 5.74) is 5.68. The van der Waals surface area contributed by atoms with Crippen molar-refractivity contribution in [3.63, 3.8) is 0 Å². The summed E-state index contributed by atoms with van der Waals surface area (Å²) in [5.74, 6) is 2.29. The van der Waals surface area contributed by atoms with Crippen molar-refractivity contribution in [3.8, 4) is 22.8 Å². The number of ether oxygens (including phenoxy) is 1. The van der Waals surface area contributed by atoms with Crippen LogP contribution in [0.4, 0.5) is 17.2 Å². The summed E-state index contributed by atoms with van der Waals surface area (Å²) in [5, 5.41) is 7.34. The fourth-order valence-corrected chi connectivity index (χ4v) is 13.0. The highest BCUT2D eigenvalue weighted by Gasteiger charge is 2.49. The molecule has 0 unspecified atom stereocenters. The molecule has 0 saturated heterocycles. The Hall–Kier alpha value is -6.76. The van der Waals surface area contributed by atoms with Gasteiger partial charge in [0.05, 0.1) is 17.1 Å². The quantitative estimate of drug-likeness (QED) is 0.164. The molecule has 6 aromatic carbocycles. The number of furan rings is 1. The molecule has 9 aromatic rings. The number of pyridine rings is 2. The maximum atomic E-state index is 6.69. The number of benzene rings is 6. The SMILES string of the molecule is c1ccc([Si]2(c3ccccc3)c3ccc(Oc4cccc(-c5ccccn5)c4)cc3N(c3ccccn3)c3cc4oc5ccccc5c4cc32)cc1.